The maximum Gasteiger partial charge on any atom is 0.330 e. The zero-order valence-corrected chi connectivity index (χ0v) is 10.1. The first kappa shape index (κ1) is 13.6. The Bertz CT molecular complexity index is 243. The highest BCUT2D eigenvalue weighted by Crippen LogP contribution is 2.42. The second kappa shape index (κ2) is 4.91. The van der Waals surface area contributed by atoms with Crippen LogP contribution in [0.25, 0.3) is 0 Å². The summed E-state index contributed by atoms with van der Waals surface area (Å²) in [6.45, 7) is 6.11. The van der Waals surface area contributed by atoms with Gasteiger partial charge in [-0.1, -0.05) is 0 Å². The van der Waals surface area contributed by atoms with Gasteiger partial charge < -0.3 is 9.26 Å². The van der Waals surface area contributed by atoms with Crippen LogP contribution in [0.1, 0.15) is 20.8 Å². The monoisotopic (exact) mass is 224 g/mol. The van der Waals surface area contributed by atoms with Crippen molar-refractivity contribution >= 4 is 13.6 Å². The number of hydrogen-bond acceptors (Lipinski definition) is 5. The molecule has 0 amide bonds. The summed E-state index contributed by atoms with van der Waals surface area (Å²) in [4.78, 5) is 11.2. The molecule has 0 radical (unpaired) electrons. The van der Waals surface area contributed by atoms with Crippen LogP contribution in [0.4, 0.5) is 0 Å². The van der Waals surface area contributed by atoms with E-state index in [0.29, 0.717) is 0 Å². The van der Waals surface area contributed by atoms with Crippen molar-refractivity contribution in [1.29, 1.82) is 0 Å². The molecule has 0 aliphatic rings. The maximum absolute atomic E-state index is 11.2. The molecular formula is C8H17O5P. The van der Waals surface area contributed by atoms with E-state index >= 15 is 0 Å². The molecule has 0 N–H and O–H groups in total. The lowest BCUT2D eigenvalue weighted by Crippen LogP contribution is -2.23. The summed E-state index contributed by atoms with van der Waals surface area (Å²) in [6, 6.07) is 0. The van der Waals surface area contributed by atoms with Crippen molar-refractivity contribution in [2.24, 2.45) is 5.41 Å². The molecule has 0 aliphatic carbocycles. The van der Waals surface area contributed by atoms with Gasteiger partial charge in [-0.3, -0.25) is 13.9 Å². The lowest BCUT2D eigenvalue weighted by molar-refractivity contribution is -0.159. The van der Waals surface area contributed by atoms with E-state index in [2.05, 4.69) is 4.52 Å². The second-order valence-electron chi connectivity index (χ2n) is 3.88. The molecule has 0 spiro atoms. The van der Waals surface area contributed by atoms with Gasteiger partial charge in [-0.15, -0.1) is 0 Å². The van der Waals surface area contributed by atoms with Crippen LogP contribution in [0.15, 0.2) is 0 Å². The van der Waals surface area contributed by atoms with Crippen LogP contribution in [0, 0.1) is 5.41 Å². The molecule has 0 fully saturated rings. The van der Waals surface area contributed by atoms with Crippen molar-refractivity contribution in [2.45, 2.75) is 20.8 Å². The topological polar surface area (TPSA) is 61.8 Å². The molecule has 0 aliphatic heterocycles. The predicted octanol–water partition coefficient (Wildman–Crippen LogP) is 2.02. The molecule has 84 valence electrons. The Morgan fingerprint density at radius 2 is 1.86 bits per heavy atom. The minimum absolute atomic E-state index is 0.349. The minimum atomic E-state index is -3.06. The van der Waals surface area contributed by atoms with Gasteiger partial charge in [-0.05, 0) is 20.8 Å². The average molecular weight is 224 g/mol. The van der Waals surface area contributed by atoms with Gasteiger partial charge in [0.05, 0.1) is 5.41 Å². The van der Waals surface area contributed by atoms with Crippen LogP contribution in [-0.2, 0) is 23.1 Å². The summed E-state index contributed by atoms with van der Waals surface area (Å²) in [5.74, 6) is -0.409. The second-order valence-corrected chi connectivity index (χ2v) is 6.05. The molecule has 0 aromatic carbocycles. The molecule has 0 rings (SSSR count). The summed E-state index contributed by atoms with van der Waals surface area (Å²) < 4.78 is 25.2. The number of rotatable bonds is 4. The van der Waals surface area contributed by atoms with Crippen LogP contribution < -0.4 is 0 Å². The molecule has 14 heavy (non-hydrogen) atoms. The Hall–Kier alpha value is -0.380. The van der Waals surface area contributed by atoms with E-state index in [9.17, 15) is 9.36 Å². The normalized spacial score (nSPS) is 16.1. The van der Waals surface area contributed by atoms with E-state index in [0.717, 1.165) is 0 Å². The minimum Gasteiger partial charge on any atom is -0.438 e. The first-order valence-electron chi connectivity index (χ1n) is 4.14. The molecule has 0 heterocycles. The number of esters is 1. The van der Waals surface area contributed by atoms with Gasteiger partial charge in [0.1, 0.15) is 0 Å². The fourth-order valence-electron chi connectivity index (χ4n) is 0.445. The Kier molecular flexibility index (Phi) is 4.78. The lowest BCUT2D eigenvalue weighted by Gasteiger charge is -2.17. The van der Waals surface area contributed by atoms with Crippen molar-refractivity contribution in [3.8, 4) is 0 Å². The number of ether oxygens (including phenoxy) is 1. The van der Waals surface area contributed by atoms with Crippen LogP contribution in [0.2, 0.25) is 0 Å². The Labute approximate surface area is 84.3 Å². The molecule has 0 aromatic rings. The SMILES string of the molecule is COP(C)(=O)OCOC(=O)C(C)(C)C. The Morgan fingerprint density at radius 1 is 1.36 bits per heavy atom. The third kappa shape index (κ3) is 5.37. The van der Waals surface area contributed by atoms with E-state index < -0.39 is 19.0 Å². The van der Waals surface area contributed by atoms with Gasteiger partial charge in [0.25, 0.3) is 0 Å². The molecule has 0 saturated heterocycles. The van der Waals surface area contributed by atoms with E-state index in [-0.39, 0.29) is 6.79 Å². The van der Waals surface area contributed by atoms with E-state index in [1.807, 2.05) is 0 Å². The highest BCUT2D eigenvalue weighted by Gasteiger charge is 2.24. The maximum atomic E-state index is 11.2. The van der Waals surface area contributed by atoms with Crippen molar-refractivity contribution in [3.05, 3.63) is 0 Å². The van der Waals surface area contributed by atoms with Gasteiger partial charge in [-0.2, -0.15) is 0 Å². The molecule has 6 heteroatoms. The van der Waals surface area contributed by atoms with Crippen molar-refractivity contribution < 1.29 is 23.1 Å². The quantitative estimate of drug-likeness (QED) is 0.415. The summed E-state index contributed by atoms with van der Waals surface area (Å²) >= 11 is 0. The zero-order valence-electron chi connectivity index (χ0n) is 9.20. The van der Waals surface area contributed by atoms with Gasteiger partial charge in [0.15, 0.2) is 0 Å². The lowest BCUT2D eigenvalue weighted by atomic mass is 9.98. The molecular weight excluding hydrogens is 207 g/mol. The molecule has 0 bridgehead atoms. The van der Waals surface area contributed by atoms with Crippen molar-refractivity contribution in [1.82, 2.24) is 0 Å². The molecule has 5 nitrogen and oxygen atoms in total. The fourth-order valence-corrected chi connectivity index (χ4v) is 0.794. The van der Waals surface area contributed by atoms with E-state index in [4.69, 9.17) is 9.26 Å². The summed E-state index contributed by atoms with van der Waals surface area (Å²) in [6.07, 6.45) is 0. The van der Waals surface area contributed by atoms with Crippen LogP contribution in [0.5, 0.6) is 0 Å². The predicted molar refractivity (Wildman–Crippen MR) is 52.0 cm³/mol. The molecule has 0 aromatic heterocycles. The summed E-state index contributed by atoms with van der Waals surface area (Å²) in [7, 11) is -1.79. The third-order valence-corrected chi connectivity index (χ3v) is 2.66. The fraction of sp³-hybridized carbons (Fsp3) is 0.875. The highest BCUT2D eigenvalue weighted by molar-refractivity contribution is 7.52. The highest BCUT2D eigenvalue weighted by atomic mass is 31.2. The Balaban J connectivity index is 3.88. The molecule has 0 saturated carbocycles. The first-order chi connectivity index (χ1) is 6.19. The van der Waals surface area contributed by atoms with Crippen LogP contribution >= 0.6 is 7.60 Å². The standard InChI is InChI=1S/C8H17O5P/c1-8(2,3)7(9)12-6-13-14(5,10)11-4/h6H2,1-5H3. The largest absolute Gasteiger partial charge is 0.438 e. The molecule has 1 atom stereocenters. The molecule has 1 unspecified atom stereocenters. The van der Waals surface area contributed by atoms with Gasteiger partial charge in [0.2, 0.25) is 6.79 Å². The van der Waals surface area contributed by atoms with E-state index in [1.165, 1.54) is 13.8 Å². The van der Waals surface area contributed by atoms with Gasteiger partial charge in [0, 0.05) is 13.8 Å². The zero-order chi connectivity index (χ0) is 11.4. The first-order valence-corrected chi connectivity index (χ1v) is 6.13. The van der Waals surface area contributed by atoms with Crippen LogP contribution in [-0.4, -0.2) is 26.5 Å². The smallest absolute Gasteiger partial charge is 0.330 e. The Morgan fingerprint density at radius 3 is 2.21 bits per heavy atom. The van der Waals surface area contributed by atoms with Gasteiger partial charge >= 0.3 is 13.6 Å². The van der Waals surface area contributed by atoms with Crippen LogP contribution in [0.3, 0.4) is 0 Å². The number of carbonyl (C=O) groups excluding carboxylic acids is 1. The third-order valence-electron chi connectivity index (χ3n) is 1.42. The van der Waals surface area contributed by atoms with Gasteiger partial charge in [-0.25, -0.2) is 0 Å². The number of carbonyl (C=O) groups is 1. The number of hydrogen-bond donors (Lipinski definition) is 0. The summed E-state index contributed by atoms with van der Waals surface area (Å²) in [5.41, 5.74) is -0.589. The van der Waals surface area contributed by atoms with Crippen molar-refractivity contribution in [3.63, 3.8) is 0 Å². The summed E-state index contributed by atoms with van der Waals surface area (Å²) in [5, 5.41) is 0. The van der Waals surface area contributed by atoms with Crippen molar-refractivity contribution in [2.75, 3.05) is 20.6 Å². The van der Waals surface area contributed by atoms with E-state index in [1.54, 1.807) is 20.8 Å². The average Bonchev–Trinajstić information content (AvgIpc) is 2.02.